The highest BCUT2D eigenvalue weighted by molar-refractivity contribution is 7.19. The molecule has 26 heavy (non-hydrogen) atoms. The zero-order chi connectivity index (χ0) is 18.3. The molecule has 0 aliphatic carbocycles. The molecule has 0 unspecified atom stereocenters. The lowest BCUT2D eigenvalue weighted by Crippen LogP contribution is -2.14. The molecule has 2 aromatic carbocycles. The van der Waals surface area contributed by atoms with E-state index in [1.807, 2.05) is 24.3 Å². The molecule has 130 valence electrons. The normalized spacial score (nSPS) is 12.5. The Bertz CT molecular complexity index is 1030. The lowest BCUT2D eigenvalue weighted by Gasteiger charge is -2.18. The van der Waals surface area contributed by atoms with Crippen molar-refractivity contribution in [3.05, 3.63) is 65.2 Å². The van der Waals surface area contributed by atoms with Crippen LogP contribution in [-0.4, -0.2) is 10.7 Å². The summed E-state index contributed by atoms with van der Waals surface area (Å²) in [6.07, 6.45) is 0. The Morgan fingerprint density at radius 1 is 1.08 bits per heavy atom. The second-order valence-corrected chi connectivity index (χ2v) is 8.10. The second-order valence-electron chi connectivity index (χ2n) is 7.08. The largest absolute Gasteiger partial charge is 0.488 e. The SMILES string of the molecule is Cc1ccc2c(c1)-c1sc(-c3ccccc3)c(C#CC(C)(C)O)c1CO2. The number of aryl methyl sites for hydroxylation is 1. The van der Waals surface area contributed by atoms with Gasteiger partial charge in [-0.15, -0.1) is 11.3 Å². The van der Waals surface area contributed by atoms with E-state index in [0.717, 1.165) is 32.9 Å². The monoisotopic (exact) mass is 360 g/mol. The maximum Gasteiger partial charge on any atom is 0.128 e. The minimum Gasteiger partial charge on any atom is -0.488 e. The van der Waals surface area contributed by atoms with E-state index in [1.54, 1.807) is 25.2 Å². The van der Waals surface area contributed by atoms with Crippen molar-refractivity contribution >= 4 is 11.3 Å². The summed E-state index contributed by atoms with van der Waals surface area (Å²) in [5.74, 6) is 7.13. The Balaban J connectivity index is 1.97. The predicted octanol–water partition coefficient (Wildman–Crippen LogP) is 5.41. The van der Waals surface area contributed by atoms with Crippen LogP contribution in [0.15, 0.2) is 48.5 Å². The summed E-state index contributed by atoms with van der Waals surface area (Å²) >= 11 is 1.75. The molecular formula is C23H20O2S. The Labute approximate surface area is 158 Å². The van der Waals surface area contributed by atoms with Crippen LogP contribution in [0, 0.1) is 18.8 Å². The Kier molecular flexibility index (Phi) is 4.11. The van der Waals surface area contributed by atoms with Crippen LogP contribution in [0.4, 0.5) is 0 Å². The maximum absolute atomic E-state index is 10.1. The lowest BCUT2D eigenvalue weighted by molar-refractivity contribution is 0.143. The second kappa shape index (κ2) is 6.32. The highest BCUT2D eigenvalue weighted by Crippen LogP contribution is 2.48. The smallest absolute Gasteiger partial charge is 0.128 e. The maximum atomic E-state index is 10.1. The molecule has 0 saturated heterocycles. The first-order chi connectivity index (χ1) is 12.4. The topological polar surface area (TPSA) is 29.5 Å². The molecule has 2 heterocycles. The highest BCUT2D eigenvalue weighted by atomic mass is 32.1. The Morgan fingerprint density at radius 3 is 2.58 bits per heavy atom. The van der Waals surface area contributed by atoms with E-state index in [-0.39, 0.29) is 0 Å². The van der Waals surface area contributed by atoms with Crippen molar-refractivity contribution in [3.8, 4) is 38.5 Å². The van der Waals surface area contributed by atoms with Crippen LogP contribution in [0.1, 0.15) is 30.5 Å². The molecule has 1 aliphatic heterocycles. The third-order valence-corrected chi connectivity index (χ3v) is 5.60. The van der Waals surface area contributed by atoms with E-state index in [2.05, 4.69) is 43.0 Å². The number of hydrogen-bond acceptors (Lipinski definition) is 3. The van der Waals surface area contributed by atoms with E-state index in [4.69, 9.17) is 4.74 Å². The summed E-state index contributed by atoms with van der Waals surface area (Å²) in [6.45, 7) is 6.01. The number of fused-ring (bicyclic) bond motifs is 3. The molecule has 3 heteroatoms. The average molecular weight is 360 g/mol. The van der Waals surface area contributed by atoms with E-state index >= 15 is 0 Å². The highest BCUT2D eigenvalue weighted by Gasteiger charge is 2.26. The summed E-state index contributed by atoms with van der Waals surface area (Å²) in [5.41, 5.74) is 4.52. The van der Waals surface area contributed by atoms with Gasteiger partial charge in [0.25, 0.3) is 0 Å². The van der Waals surface area contributed by atoms with Gasteiger partial charge in [-0.25, -0.2) is 0 Å². The first kappa shape index (κ1) is 16.9. The van der Waals surface area contributed by atoms with Crippen LogP contribution in [-0.2, 0) is 6.61 Å². The summed E-state index contributed by atoms with van der Waals surface area (Å²) in [7, 11) is 0. The molecule has 2 nitrogen and oxygen atoms in total. The number of ether oxygens (including phenoxy) is 1. The van der Waals surface area contributed by atoms with Gasteiger partial charge in [-0.3, -0.25) is 0 Å². The molecular weight excluding hydrogens is 340 g/mol. The van der Waals surface area contributed by atoms with Crippen LogP contribution < -0.4 is 4.74 Å². The van der Waals surface area contributed by atoms with Gasteiger partial charge in [0.15, 0.2) is 0 Å². The molecule has 0 fully saturated rings. The fourth-order valence-electron chi connectivity index (χ4n) is 3.06. The molecule has 0 spiro atoms. The first-order valence-electron chi connectivity index (χ1n) is 8.63. The quantitative estimate of drug-likeness (QED) is 0.588. The van der Waals surface area contributed by atoms with E-state index in [0.29, 0.717) is 6.61 Å². The number of aliphatic hydroxyl groups is 1. The Morgan fingerprint density at radius 2 is 1.85 bits per heavy atom. The van der Waals surface area contributed by atoms with Crippen molar-refractivity contribution in [1.29, 1.82) is 0 Å². The molecule has 1 N–H and O–H groups in total. The minimum absolute atomic E-state index is 0.505. The van der Waals surface area contributed by atoms with Crippen LogP contribution in [0.5, 0.6) is 5.75 Å². The van der Waals surface area contributed by atoms with Gasteiger partial charge in [0.2, 0.25) is 0 Å². The number of hydrogen-bond donors (Lipinski definition) is 1. The fraction of sp³-hybridized carbons (Fsp3) is 0.217. The van der Waals surface area contributed by atoms with Crippen LogP contribution in [0.25, 0.3) is 20.9 Å². The van der Waals surface area contributed by atoms with E-state index in [9.17, 15) is 5.11 Å². The molecule has 0 saturated carbocycles. The number of benzene rings is 2. The molecule has 0 amide bonds. The van der Waals surface area contributed by atoms with Crippen LogP contribution in [0.3, 0.4) is 0 Å². The van der Waals surface area contributed by atoms with Crippen molar-refractivity contribution in [3.63, 3.8) is 0 Å². The third-order valence-electron chi connectivity index (χ3n) is 4.29. The van der Waals surface area contributed by atoms with Gasteiger partial charge < -0.3 is 9.84 Å². The minimum atomic E-state index is -1.03. The van der Waals surface area contributed by atoms with Gasteiger partial charge in [-0.1, -0.05) is 53.8 Å². The van der Waals surface area contributed by atoms with Crippen molar-refractivity contribution < 1.29 is 9.84 Å². The van der Waals surface area contributed by atoms with Crippen molar-refractivity contribution in [2.24, 2.45) is 0 Å². The molecule has 1 aliphatic rings. The molecule has 0 radical (unpaired) electrons. The van der Waals surface area contributed by atoms with Gasteiger partial charge in [-0.2, -0.15) is 0 Å². The summed E-state index contributed by atoms with van der Waals surface area (Å²) in [4.78, 5) is 2.35. The van der Waals surface area contributed by atoms with Gasteiger partial charge in [0.1, 0.15) is 18.0 Å². The van der Waals surface area contributed by atoms with Gasteiger partial charge in [0, 0.05) is 16.0 Å². The zero-order valence-corrected chi connectivity index (χ0v) is 15.9. The van der Waals surface area contributed by atoms with Crippen molar-refractivity contribution in [2.45, 2.75) is 33.0 Å². The summed E-state index contributed by atoms with van der Waals surface area (Å²) in [6, 6.07) is 16.6. The average Bonchev–Trinajstić information content (AvgIpc) is 2.99. The summed E-state index contributed by atoms with van der Waals surface area (Å²) < 4.78 is 6.00. The molecule has 4 rings (SSSR count). The lowest BCUT2D eigenvalue weighted by atomic mass is 9.98. The third kappa shape index (κ3) is 3.14. The van der Waals surface area contributed by atoms with Crippen molar-refractivity contribution in [1.82, 2.24) is 0 Å². The summed E-state index contributed by atoms with van der Waals surface area (Å²) in [5, 5.41) is 10.1. The molecule has 3 aromatic rings. The predicted molar refractivity (Wildman–Crippen MR) is 107 cm³/mol. The van der Waals surface area contributed by atoms with E-state index < -0.39 is 5.60 Å². The molecule has 0 atom stereocenters. The molecule has 0 bridgehead atoms. The van der Waals surface area contributed by atoms with Gasteiger partial charge in [-0.05, 0) is 38.5 Å². The van der Waals surface area contributed by atoms with Crippen LogP contribution >= 0.6 is 11.3 Å². The van der Waals surface area contributed by atoms with Gasteiger partial charge in [0.05, 0.1) is 10.4 Å². The van der Waals surface area contributed by atoms with Crippen molar-refractivity contribution in [2.75, 3.05) is 0 Å². The zero-order valence-electron chi connectivity index (χ0n) is 15.1. The first-order valence-corrected chi connectivity index (χ1v) is 9.44. The van der Waals surface area contributed by atoms with Crippen LogP contribution in [0.2, 0.25) is 0 Å². The van der Waals surface area contributed by atoms with Gasteiger partial charge >= 0.3 is 0 Å². The number of thiophene rings is 1. The van der Waals surface area contributed by atoms with E-state index in [1.165, 1.54) is 10.4 Å². The molecule has 1 aromatic heterocycles. The Hall–Kier alpha value is -2.54. The number of rotatable bonds is 1. The standard InChI is InChI=1S/C23H20O2S/c1-15-9-10-20-18(13-15)22-19(14-25-20)17(11-12-23(2,3)24)21(26-22)16-7-5-4-6-8-16/h4-10,13,24H,14H2,1-3H3. The fourth-order valence-corrected chi connectivity index (χ4v) is 4.35.